The largest absolute Gasteiger partial charge is 0.493 e. The molecule has 18 heavy (non-hydrogen) atoms. The summed E-state index contributed by atoms with van der Waals surface area (Å²) in [5, 5.41) is 2.72. The van der Waals surface area contributed by atoms with Gasteiger partial charge in [0, 0.05) is 11.1 Å². The lowest BCUT2D eigenvalue weighted by Crippen LogP contribution is -2.11. The van der Waals surface area contributed by atoms with Gasteiger partial charge in [0.05, 0.1) is 13.2 Å². The van der Waals surface area contributed by atoms with E-state index in [-0.39, 0.29) is 0 Å². The Kier molecular flexibility index (Phi) is 2.22. The topological polar surface area (TPSA) is 18.5 Å². The highest BCUT2D eigenvalue weighted by molar-refractivity contribution is 5.92. The van der Waals surface area contributed by atoms with Gasteiger partial charge in [0.15, 0.2) is 0 Å². The van der Waals surface area contributed by atoms with Crippen molar-refractivity contribution in [3.63, 3.8) is 0 Å². The predicted molar refractivity (Wildman–Crippen MR) is 71.6 cm³/mol. The van der Waals surface area contributed by atoms with E-state index in [4.69, 9.17) is 9.47 Å². The molecule has 0 bridgehead atoms. The van der Waals surface area contributed by atoms with Crippen molar-refractivity contribution in [3.8, 4) is 11.5 Å². The van der Waals surface area contributed by atoms with E-state index in [0.717, 1.165) is 50.4 Å². The highest BCUT2D eigenvalue weighted by Gasteiger charge is 2.18. The zero-order valence-corrected chi connectivity index (χ0v) is 10.4. The molecule has 92 valence electrons. The summed E-state index contributed by atoms with van der Waals surface area (Å²) in [5.41, 5.74) is 2.76. The van der Waals surface area contributed by atoms with Gasteiger partial charge < -0.3 is 9.47 Å². The van der Waals surface area contributed by atoms with Gasteiger partial charge in [-0.3, -0.25) is 0 Å². The summed E-state index contributed by atoms with van der Waals surface area (Å²) in [6.07, 6.45) is 4.51. The Bertz CT molecular complexity index is 561. The maximum absolute atomic E-state index is 5.74. The summed E-state index contributed by atoms with van der Waals surface area (Å²) >= 11 is 0. The van der Waals surface area contributed by atoms with Crippen molar-refractivity contribution in [2.75, 3.05) is 13.2 Å². The first-order valence-corrected chi connectivity index (χ1v) is 6.76. The fourth-order valence-electron chi connectivity index (χ4n) is 3.14. The van der Waals surface area contributed by atoms with E-state index in [2.05, 4.69) is 24.3 Å². The minimum atomic E-state index is 0.854. The second kappa shape index (κ2) is 3.91. The third-order valence-electron chi connectivity index (χ3n) is 4.00. The maximum Gasteiger partial charge on any atom is 0.123 e. The molecule has 0 amide bonds. The van der Waals surface area contributed by atoms with Gasteiger partial charge >= 0.3 is 0 Å². The van der Waals surface area contributed by atoms with Crippen LogP contribution < -0.4 is 9.47 Å². The summed E-state index contributed by atoms with van der Waals surface area (Å²) < 4.78 is 11.5. The molecule has 2 nitrogen and oxygen atoms in total. The van der Waals surface area contributed by atoms with Crippen molar-refractivity contribution in [3.05, 3.63) is 35.4 Å². The lowest BCUT2D eigenvalue weighted by atomic mass is 9.93. The van der Waals surface area contributed by atoms with E-state index >= 15 is 0 Å². The van der Waals surface area contributed by atoms with E-state index in [9.17, 15) is 0 Å². The first-order chi connectivity index (χ1) is 8.93. The smallest absolute Gasteiger partial charge is 0.123 e. The van der Waals surface area contributed by atoms with Crippen LogP contribution in [0.15, 0.2) is 24.3 Å². The molecule has 2 heteroatoms. The van der Waals surface area contributed by atoms with Crippen LogP contribution in [0.25, 0.3) is 10.8 Å². The van der Waals surface area contributed by atoms with E-state index in [1.165, 1.54) is 21.9 Å². The molecular weight excluding hydrogens is 224 g/mol. The van der Waals surface area contributed by atoms with Crippen LogP contribution >= 0.6 is 0 Å². The molecule has 0 atom stereocenters. The van der Waals surface area contributed by atoms with Gasteiger partial charge in [-0.15, -0.1) is 0 Å². The van der Waals surface area contributed by atoms with Crippen molar-refractivity contribution in [2.45, 2.75) is 25.7 Å². The highest BCUT2D eigenvalue weighted by Crippen LogP contribution is 2.38. The van der Waals surface area contributed by atoms with Crippen LogP contribution in [0.4, 0.5) is 0 Å². The Morgan fingerprint density at radius 2 is 1.17 bits per heavy atom. The summed E-state index contributed by atoms with van der Waals surface area (Å²) in [4.78, 5) is 0. The molecular formula is C16H16O2. The van der Waals surface area contributed by atoms with Crippen molar-refractivity contribution in [2.24, 2.45) is 0 Å². The molecule has 0 saturated carbocycles. The van der Waals surface area contributed by atoms with E-state index < -0.39 is 0 Å². The molecule has 2 heterocycles. The van der Waals surface area contributed by atoms with E-state index in [0.29, 0.717) is 0 Å². The normalized spacial score (nSPS) is 17.6. The number of ether oxygens (including phenoxy) is 2. The number of rotatable bonds is 0. The molecule has 0 unspecified atom stereocenters. The third-order valence-corrected chi connectivity index (χ3v) is 4.00. The number of hydrogen-bond donors (Lipinski definition) is 0. The van der Waals surface area contributed by atoms with Crippen molar-refractivity contribution < 1.29 is 9.47 Å². The standard InChI is InChI=1S/C16H16O2/c1-3-13-11-5-8-16-14(4-2-10-18-16)12(11)6-7-15(13)17-9-1/h5-8H,1-4,9-10H2. The number of benzene rings is 2. The first kappa shape index (κ1) is 10.2. The second-order valence-electron chi connectivity index (χ2n) is 5.08. The van der Waals surface area contributed by atoms with Gasteiger partial charge in [0.25, 0.3) is 0 Å². The van der Waals surface area contributed by atoms with Crippen LogP contribution in [-0.2, 0) is 12.8 Å². The molecule has 0 aliphatic carbocycles. The zero-order valence-electron chi connectivity index (χ0n) is 10.4. The molecule has 4 rings (SSSR count). The molecule has 0 fully saturated rings. The lowest BCUT2D eigenvalue weighted by molar-refractivity contribution is 0.287. The van der Waals surface area contributed by atoms with Gasteiger partial charge in [-0.1, -0.05) is 12.1 Å². The van der Waals surface area contributed by atoms with Crippen molar-refractivity contribution >= 4 is 10.8 Å². The van der Waals surface area contributed by atoms with Gasteiger partial charge in [0.1, 0.15) is 11.5 Å². The minimum absolute atomic E-state index is 0.854. The molecule has 2 aromatic carbocycles. The van der Waals surface area contributed by atoms with Crippen LogP contribution in [0.2, 0.25) is 0 Å². The van der Waals surface area contributed by atoms with Crippen molar-refractivity contribution in [1.29, 1.82) is 0 Å². The van der Waals surface area contributed by atoms with Gasteiger partial charge in [-0.25, -0.2) is 0 Å². The summed E-state index contributed by atoms with van der Waals surface area (Å²) in [7, 11) is 0. The van der Waals surface area contributed by atoms with Crippen molar-refractivity contribution in [1.82, 2.24) is 0 Å². The van der Waals surface area contributed by atoms with Crippen LogP contribution in [0.5, 0.6) is 11.5 Å². The summed E-state index contributed by atoms with van der Waals surface area (Å²) in [6.45, 7) is 1.71. The summed E-state index contributed by atoms with van der Waals surface area (Å²) in [5.74, 6) is 2.15. The molecule has 2 aliphatic rings. The van der Waals surface area contributed by atoms with Gasteiger partial charge in [0.2, 0.25) is 0 Å². The van der Waals surface area contributed by atoms with E-state index in [1.54, 1.807) is 0 Å². The Labute approximate surface area is 107 Å². The zero-order chi connectivity index (χ0) is 11.9. The van der Waals surface area contributed by atoms with Gasteiger partial charge in [-0.2, -0.15) is 0 Å². The van der Waals surface area contributed by atoms with Gasteiger partial charge in [-0.05, 0) is 48.6 Å². The Hall–Kier alpha value is -1.70. The Morgan fingerprint density at radius 3 is 1.67 bits per heavy atom. The lowest BCUT2D eigenvalue weighted by Gasteiger charge is -2.23. The van der Waals surface area contributed by atoms with Crippen LogP contribution in [0.3, 0.4) is 0 Å². The van der Waals surface area contributed by atoms with Crippen LogP contribution in [0.1, 0.15) is 24.0 Å². The molecule has 2 aliphatic heterocycles. The molecule has 0 saturated heterocycles. The average Bonchev–Trinajstić information content (AvgIpc) is 2.46. The number of fused-ring (bicyclic) bond motifs is 5. The Morgan fingerprint density at radius 1 is 0.667 bits per heavy atom. The SMILES string of the molecule is c1cc2c3c(ccc2c2c1OCCC2)OCCC3. The maximum atomic E-state index is 5.74. The first-order valence-electron chi connectivity index (χ1n) is 6.76. The molecule has 0 radical (unpaired) electrons. The van der Waals surface area contributed by atoms with E-state index in [1.807, 2.05) is 0 Å². The molecule has 0 N–H and O–H groups in total. The average molecular weight is 240 g/mol. The molecule has 2 aromatic rings. The number of aryl methyl sites for hydroxylation is 2. The fraction of sp³-hybridized carbons (Fsp3) is 0.375. The monoisotopic (exact) mass is 240 g/mol. The fourth-order valence-corrected chi connectivity index (χ4v) is 3.14. The quantitative estimate of drug-likeness (QED) is 0.701. The van der Waals surface area contributed by atoms with Crippen LogP contribution in [-0.4, -0.2) is 13.2 Å². The third kappa shape index (κ3) is 1.41. The minimum Gasteiger partial charge on any atom is -0.493 e. The summed E-state index contributed by atoms with van der Waals surface area (Å²) in [6, 6.07) is 8.66. The Balaban J connectivity index is 2.01. The molecule has 0 spiro atoms. The number of hydrogen-bond acceptors (Lipinski definition) is 2. The molecule has 0 aromatic heterocycles. The second-order valence-corrected chi connectivity index (χ2v) is 5.08. The predicted octanol–water partition coefficient (Wildman–Crippen LogP) is 3.49. The highest BCUT2D eigenvalue weighted by atomic mass is 16.5. The van der Waals surface area contributed by atoms with Crippen LogP contribution in [0, 0.1) is 0 Å².